The second-order valence-corrected chi connectivity index (χ2v) is 6.10. The van der Waals surface area contributed by atoms with Crippen LogP contribution in [0.4, 0.5) is 0 Å². The van der Waals surface area contributed by atoms with Crippen molar-refractivity contribution < 1.29 is 0 Å². The summed E-state index contributed by atoms with van der Waals surface area (Å²) in [7, 11) is 0. The number of hydrogen-bond acceptors (Lipinski definition) is 3. The standard InChI is InChI=1S/C14H22ClNS2/c1-7-16(18)13(8-10(4)9(2)3)14(11(5)15)12(6)17/h8-9,18H,4,7H2,1-3,5-6H3/b13-8+,14-11+. The lowest BCUT2D eigenvalue weighted by molar-refractivity contribution is 0.624. The van der Waals surface area contributed by atoms with E-state index in [2.05, 4.69) is 33.2 Å². The Hall–Kier alpha value is -0.250. The van der Waals surface area contributed by atoms with Crippen LogP contribution in [0.25, 0.3) is 0 Å². The minimum Gasteiger partial charge on any atom is -0.318 e. The zero-order chi connectivity index (χ0) is 14.5. The number of hydrogen-bond donors (Lipinski definition) is 1. The first-order valence-corrected chi connectivity index (χ1v) is 7.15. The third-order valence-corrected chi connectivity index (χ3v) is 3.49. The molecule has 4 heteroatoms. The molecule has 0 heterocycles. The third kappa shape index (κ3) is 5.17. The van der Waals surface area contributed by atoms with Gasteiger partial charge < -0.3 is 4.31 Å². The van der Waals surface area contributed by atoms with Crippen LogP contribution in [0.2, 0.25) is 0 Å². The van der Waals surface area contributed by atoms with Crippen LogP contribution in [0.3, 0.4) is 0 Å². The van der Waals surface area contributed by atoms with Crippen molar-refractivity contribution in [3.63, 3.8) is 0 Å². The van der Waals surface area contributed by atoms with Gasteiger partial charge in [0.1, 0.15) is 0 Å². The molecule has 0 aliphatic rings. The molecular formula is C14H22ClNS2. The highest BCUT2D eigenvalue weighted by Crippen LogP contribution is 2.26. The maximum atomic E-state index is 6.16. The van der Waals surface area contributed by atoms with Gasteiger partial charge in [0.15, 0.2) is 0 Å². The lowest BCUT2D eigenvalue weighted by Crippen LogP contribution is -2.17. The number of rotatable bonds is 6. The second kappa shape index (κ2) is 8.03. The maximum Gasteiger partial charge on any atom is 0.0565 e. The number of nitrogens with zero attached hydrogens (tertiary/aromatic N) is 1. The Kier molecular flexibility index (Phi) is 7.92. The van der Waals surface area contributed by atoms with Gasteiger partial charge in [-0.2, -0.15) is 0 Å². The van der Waals surface area contributed by atoms with Crippen LogP contribution in [0.15, 0.2) is 34.5 Å². The molecular weight excluding hydrogens is 282 g/mol. The molecule has 0 aliphatic carbocycles. The Labute approximate surface area is 127 Å². The largest absolute Gasteiger partial charge is 0.318 e. The summed E-state index contributed by atoms with van der Waals surface area (Å²) in [5.41, 5.74) is 2.81. The van der Waals surface area contributed by atoms with Crippen LogP contribution in [0, 0.1) is 5.92 Å². The highest BCUT2D eigenvalue weighted by Gasteiger charge is 2.15. The predicted octanol–water partition coefficient (Wildman–Crippen LogP) is 5.15. The molecule has 0 aliphatic heterocycles. The average Bonchev–Trinajstić information content (AvgIpc) is 2.25. The van der Waals surface area contributed by atoms with Crippen molar-refractivity contribution in [2.75, 3.05) is 6.54 Å². The molecule has 0 rings (SSSR count). The van der Waals surface area contributed by atoms with E-state index in [1.165, 1.54) is 0 Å². The van der Waals surface area contributed by atoms with E-state index in [0.717, 1.165) is 28.3 Å². The van der Waals surface area contributed by atoms with Gasteiger partial charge in [-0.15, -0.1) is 0 Å². The summed E-state index contributed by atoms with van der Waals surface area (Å²) in [5.74, 6) is 0.376. The molecule has 0 unspecified atom stereocenters. The smallest absolute Gasteiger partial charge is 0.0565 e. The van der Waals surface area contributed by atoms with Crippen molar-refractivity contribution in [3.05, 3.63) is 34.5 Å². The van der Waals surface area contributed by atoms with E-state index < -0.39 is 0 Å². The van der Waals surface area contributed by atoms with Crippen LogP contribution in [0.1, 0.15) is 34.6 Å². The van der Waals surface area contributed by atoms with Gasteiger partial charge in [-0.1, -0.05) is 62.6 Å². The molecule has 0 aromatic heterocycles. The molecule has 0 fully saturated rings. The molecule has 0 atom stereocenters. The SMILES string of the molecule is C=C(/C=C(\C(C(C)=S)=C(/C)Cl)N(S)CC)C(C)C. The van der Waals surface area contributed by atoms with Crippen LogP contribution in [-0.2, 0) is 0 Å². The minimum atomic E-state index is 0.376. The number of thiocarbonyl (C=S) groups is 1. The van der Waals surface area contributed by atoms with Crippen molar-refractivity contribution >= 4 is 41.5 Å². The van der Waals surface area contributed by atoms with Crippen molar-refractivity contribution in [3.8, 4) is 0 Å². The van der Waals surface area contributed by atoms with Gasteiger partial charge in [0.25, 0.3) is 0 Å². The molecule has 0 saturated carbocycles. The van der Waals surface area contributed by atoms with Gasteiger partial charge in [0.2, 0.25) is 0 Å². The van der Waals surface area contributed by atoms with E-state index in [4.69, 9.17) is 23.8 Å². The lowest BCUT2D eigenvalue weighted by atomic mass is 10.0. The monoisotopic (exact) mass is 303 g/mol. The van der Waals surface area contributed by atoms with Crippen LogP contribution in [0.5, 0.6) is 0 Å². The number of allylic oxidation sites excluding steroid dienone is 4. The molecule has 102 valence electrons. The second-order valence-electron chi connectivity index (χ2n) is 4.44. The highest BCUT2D eigenvalue weighted by molar-refractivity contribution is 7.80. The van der Waals surface area contributed by atoms with Crippen LogP contribution in [-0.4, -0.2) is 15.7 Å². The Balaban J connectivity index is 5.72. The van der Waals surface area contributed by atoms with Crippen LogP contribution >= 0.6 is 36.6 Å². The Morgan fingerprint density at radius 2 is 1.94 bits per heavy atom. The topological polar surface area (TPSA) is 3.24 Å². The number of halogens is 1. The zero-order valence-corrected chi connectivity index (χ0v) is 14.2. The summed E-state index contributed by atoms with van der Waals surface area (Å²) in [5, 5.41) is 0.679. The first-order valence-electron chi connectivity index (χ1n) is 5.96. The Morgan fingerprint density at radius 1 is 1.44 bits per heavy atom. The van der Waals surface area contributed by atoms with E-state index in [0.29, 0.717) is 11.0 Å². The zero-order valence-electron chi connectivity index (χ0n) is 11.7. The van der Waals surface area contributed by atoms with E-state index in [1.807, 2.05) is 31.2 Å². The number of likely N-dealkylation sites (N-methyl/N-ethyl adjacent to an activating group) is 1. The van der Waals surface area contributed by atoms with E-state index >= 15 is 0 Å². The molecule has 0 spiro atoms. The van der Waals surface area contributed by atoms with Gasteiger partial charge in [0.05, 0.1) is 5.70 Å². The summed E-state index contributed by atoms with van der Waals surface area (Å²) in [4.78, 5) is 0.762. The molecule has 1 nitrogen and oxygen atoms in total. The van der Waals surface area contributed by atoms with Gasteiger partial charge in [-0.05, 0) is 32.8 Å². The summed E-state index contributed by atoms with van der Waals surface area (Å²) in [6, 6.07) is 0. The van der Waals surface area contributed by atoms with Crippen molar-refractivity contribution in [2.45, 2.75) is 34.6 Å². The summed E-state index contributed by atoms with van der Waals surface area (Å²) >= 11 is 15.9. The first kappa shape index (κ1) is 17.8. The Morgan fingerprint density at radius 3 is 2.22 bits per heavy atom. The molecule has 0 radical (unpaired) electrons. The van der Waals surface area contributed by atoms with Gasteiger partial charge >= 0.3 is 0 Å². The first-order chi connectivity index (χ1) is 8.22. The fraction of sp³-hybridized carbons (Fsp3) is 0.500. The highest BCUT2D eigenvalue weighted by atomic mass is 35.5. The molecule has 18 heavy (non-hydrogen) atoms. The van der Waals surface area contributed by atoms with Gasteiger partial charge in [0, 0.05) is 22.0 Å². The summed E-state index contributed by atoms with van der Waals surface area (Å²) < 4.78 is 1.84. The Bertz CT molecular complexity index is 391. The molecule has 0 saturated heterocycles. The number of thiol groups is 1. The molecule has 0 aromatic carbocycles. The predicted molar refractivity (Wildman–Crippen MR) is 90.3 cm³/mol. The quantitative estimate of drug-likeness (QED) is 0.313. The molecule has 0 aromatic rings. The average molecular weight is 304 g/mol. The van der Waals surface area contributed by atoms with E-state index in [-0.39, 0.29) is 0 Å². The van der Waals surface area contributed by atoms with Crippen molar-refractivity contribution in [1.29, 1.82) is 0 Å². The summed E-state index contributed by atoms with van der Waals surface area (Å²) in [6.45, 7) is 14.8. The maximum absolute atomic E-state index is 6.16. The third-order valence-electron chi connectivity index (χ3n) is 2.59. The lowest BCUT2D eigenvalue weighted by Gasteiger charge is -2.23. The molecule has 0 amide bonds. The van der Waals surface area contributed by atoms with E-state index in [1.54, 1.807) is 0 Å². The van der Waals surface area contributed by atoms with Crippen molar-refractivity contribution in [1.82, 2.24) is 4.31 Å². The fourth-order valence-electron chi connectivity index (χ4n) is 1.39. The van der Waals surface area contributed by atoms with Gasteiger partial charge in [-0.3, -0.25) is 0 Å². The van der Waals surface area contributed by atoms with E-state index in [9.17, 15) is 0 Å². The normalized spacial score (nSPS) is 13.4. The van der Waals surface area contributed by atoms with Crippen LogP contribution < -0.4 is 0 Å². The fourth-order valence-corrected chi connectivity index (χ4v) is 2.10. The molecule has 0 N–H and O–H groups in total. The van der Waals surface area contributed by atoms with Crippen molar-refractivity contribution in [2.24, 2.45) is 5.92 Å². The molecule has 0 bridgehead atoms. The summed E-state index contributed by atoms with van der Waals surface area (Å²) in [6.07, 6.45) is 2.01. The minimum absolute atomic E-state index is 0.376. The van der Waals surface area contributed by atoms with Gasteiger partial charge in [-0.25, -0.2) is 0 Å².